The van der Waals surface area contributed by atoms with Gasteiger partial charge >= 0.3 is 5.97 Å². The molecule has 162 valence electrons. The van der Waals surface area contributed by atoms with Gasteiger partial charge in [-0.2, -0.15) is 0 Å². The van der Waals surface area contributed by atoms with Crippen LogP contribution in [-0.2, 0) is 21.2 Å². The average molecular weight is 435 g/mol. The topological polar surface area (TPSA) is 105 Å². The van der Waals surface area contributed by atoms with Crippen LogP contribution in [0, 0.1) is 0 Å². The molecule has 0 aromatic heterocycles. The van der Waals surface area contributed by atoms with Gasteiger partial charge in [0, 0.05) is 20.6 Å². The number of esters is 1. The van der Waals surface area contributed by atoms with Crippen LogP contribution >= 0.6 is 0 Å². The lowest BCUT2D eigenvalue weighted by Gasteiger charge is -2.22. The smallest absolute Gasteiger partial charge is 0.338 e. The number of aliphatic hydroxyl groups is 1. The molecule has 0 saturated carbocycles. The maximum absolute atomic E-state index is 12.6. The summed E-state index contributed by atoms with van der Waals surface area (Å²) in [5.74, 6) is 0.136. The first-order valence-electron chi connectivity index (χ1n) is 9.50. The van der Waals surface area contributed by atoms with Gasteiger partial charge in [-0.3, -0.25) is 0 Å². The fraction of sp³-hybridized carbons (Fsp3) is 0.381. The van der Waals surface area contributed by atoms with Crippen LogP contribution in [0.25, 0.3) is 0 Å². The number of aliphatic hydroxyl groups excluding tert-OH is 1. The lowest BCUT2D eigenvalue weighted by Crippen LogP contribution is -2.39. The molecule has 1 aliphatic heterocycles. The van der Waals surface area contributed by atoms with Crippen molar-refractivity contribution < 1.29 is 27.8 Å². The largest absolute Gasteiger partial charge is 0.497 e. The second-order valence-corrected chi connectivity index (χ2v) is 9.47. The standard InChI is InChI=1S/C21H26N2O6S/c1-23(2)30(26,27)17-10-6-15(7-11-17)21(25)29-20-18(22-13-19(20)24)12-14-4-8-16(28-3)9-5-14/h4-11,18-20,22,24H,12-13H2,1-3H3/t18-,19+,20+/m1/s1. The zero-order valence-corrected chi connectivity index (χ0v) is 17.9. The molecular formula is C21H26N2O6S. The zero-order valence-electron chi connectivity index (χ0n) is 17.1. The number of nitrogens with zero attached hydrogens (tertiary/aromatic N) is 1. The van der Waals surface area contributed by atoms with Crippen molar-refractivity contribution in [2.24, 2.45) is 0 Å². The molecule has 0 spiro atoms. The third-order valence-corrected chi connectivity index (χ3v) is 6.92. The molecule has 0 aliphatic carbocycles. The van der Waals surface area contributed by atoms with Crippen LogP contribution in [0.2, 0.25) is 0 Å². The summed E-state index contributed by atoms with van der Waals surface area (Å²) in [5, 5.41) is 13.5. The van der Waals surface area contributed by atoms with Crippen LogP contribution < -0.4 is 10.1 Å². The molecule has 1 saturated heterocycles. The molecule has 2 N–H and O–H groups in total. The quantitative estimate of drug-likeness (QED) is 0.628. The summed E-state index contributed by atoms with van der Waals surface area (Å²) >= 11 is 0. The number of β-amino-alcohol motifs (C(OH)–C–C–N with tert-alkyl or cyclic N) is 1. The SMILES string of the molecule is COc1ccc(C[C@H]2NC[C@H](O)[C@H]2OC(=O)c2ccc(S(=O)(=O)N(C)C)cc2)cc1. The van der Waals surface area contributed by atoms with Crippen LogP contribution in [0.3, 0.4) is 0 Å². The molecule has 8 nitrogen and oxygen atoms in total. The van der Waals surface area contributed by atoms with E-state index in [1.807, 2.05) is 24.3 Å². The van der Waals surface area contributed by atoms with Crippen LogP contribution in [0.5, 0.6) is 5.75 Å². The van der Waals surface area contributed by atoms with Gasteiger partial charge in [-0.25, -0.2) is 17.5 Å². The first kappa shape index (κ1) is 22.2. The Morgan fingerprint density at radius 2 is 1.77 bits per heavy atom. The highest BCUT2D eigenvalue weighted by atomic mass is 32.2. The number of benzene rings is 2. The number of hydrogen-bond acceptors (Lipinski definition) is 7. The third kappa shape index (κ3) is 4.81. The lowest BCUT2D eigenvalue weighted by atomic mass is 10.0. The molecule has 0 unspecified atom stereocenters. The first-order valence-corrected chi connectivity index (χ1v) is 10.9. The first-order chi connectivity index (χ1) is 14.2. The van der Waals surface area contributed by atoms with Gasteiger partial charge in [0.05, 0.1) is 23.6 Å². The second kappa shape index (κ2) is 9.13. The molecule has 1 fully saturated rings. The summed E-state index contributed by atoms with van der Waals surface area (Å²) in [6.07, 6.45) is -0.977. The summed E-state index contributed by atoms with van der Waals surface area (Å²) in [6, 6.07) is 12.9. The van der Waals surface area contributed by atoms with Gasteiger partial charge in [0.2, 0.25) is 10.0 Å². The zero-order chi connectivity index (χ0) is 21.9. The Bertz CT molecular complexity index is 974. The highest BCUT2D eigenvalue weighted by molar-refractivity contribution is 7.89. The van der Waals surface area contributed by atoms with Crippen LogP contribution in [0.4, 0.5) is 0 Å². The summed E-state index contributed by atoms with van der Waals surface area (Å²) in [4.78, 5) is 12.7. The Hall–Kier alpha value is -2.46. The molecule has 3 rings (SSSR count). The van der Waals surface area contributed by atoms with Crippen molar-refractivity contribution in [3.8, 4) is 5.75 Å². The fourth-order valence-electron chi connectivity index (χ4n) is 3.30. The minimum Gasteiger partial charge on any atom is -0.497 e. The van der Waals surface area contributed by atoms with E-state index in [1.54, 1.807) is 7.11 Å². The van der Waals surface area contributed by atoms with Crippen LogP contribution in [0.15, 0.2) is 53.4 Å². The van der Waals surface area contributed by atoms with Gasteiger partial charge in [-0.15, -0.1) is 0 Å². The van der Waals surface area contributed by atoms with E-state index in [2.05, 4.69) is 5.32 Å². The number of ether oxygens (including phenoxy) is 2. The van der Waals surface area contributed by atoms with Crippen molar-refractivity contribution in [3.63, 3.8) is 0 Å². The summed E-state index contributed by atoms with van der Waals surface area (Å²) in [5.41, 5.74) is 1.23. The van der Waals surface area contributed by atoms with Crippen molar-refractivity contribution in [3.05, 3.63) is 59.7 Å². The summed E-state index contributed by atoms with van der Waals surface area (Å²) in [6.45, 7) is 0.318. The van der Waals surface area contributed by atoms with E-state index in [4.69, 9.17) is 9.47 Å². The number of carbonyl (C=O) groups excluding carboxylic acids is 1. The van der Waals surface area contributed by atoms with Crippen molar-refractivity contribution in [1.29, 1.82) is 0 Å². The predicted molar refractivity (Wildman–Crippen MR) is 111 cm³/mol. The van der Waals surface area contributed by atoms with Crippen LogP contribution in [-0.4, -0.2) is 69.8 Å². The number of nitrogens with one attached hydrogen (secondary N) is 1. The van der Waals surface area contributed by atoms with Gasteiger partial charge in [0.25, 0.3) is 0 Å². The molecular weight excluding hydrogens is 408 g/mol. The minimum atomic E-state index is -3.58. The van der Waals surface area contributed by atoms with E-state index < -0.39 is 28.2 Å². The summed E-state index contributed by atoms with van der Waals surface area (Å²) in [7, 11) is 0.901. The summed E-state index contributed by atoms with van der Waals surface area (Å²) < 4.78 is 36.1. The monoisotopic (exact) mass is 434 g/mol. The normalized spacial score (nSPS) is 21.6. The van der Waals surface area contributed by atoms with Gasteiger partial charge in [-0.05, 0) is 48.4 Å². The molecule has 9 heteroatoms. The highest BCUT2D eigenvalue weighted by Crippen LogP contribution is 2.21. The number of rotatable bonds is 7. The van der Waals surface area contributed by atoms with E-state index in [1.165, 1.54) is 38.4 Å². The molecule has 30 heavy (non-hydrogen) atoms. The number of carbonyl (C=O) groups is 1. The van der Waals surface area contributed by atoms with E-state index in [9.17, 15) is 18.3 Å². The highest BCUT2D eigenvalue weighted by Gasteiger charge is 2.38. The average Bonchev–Trinajstić information content (AvgIpc) is 3.07. The molecule has 2 aromatic rings. The maximum Gasteiger partial charge on any atom is 0.338 e. The van der Waals surface area contributed by atoms with Crippen molar-refractivity contribution in [1.82, 2.24) is 9.62 Å². The van der Waals surface area contributed by atoms with Crippen LogP contribution in [0.1, 0.15) is 15.9 Å². The Morgan fingerprint density at radius 1 is 1.13 bits per heavy atom. The van der Waals surface area contributed by atoms with Crippen molar-refractivity contribution >= 4 is 16.0 Å². The third-order valence-electron chi connectivity index (χ3n) is 5.09. The number of sulfonamides is 1. The molecule has 1 heterocycles. The Balaban J connectivity index is 1.69. The fourth-order valence-corrected chi connectivity index (χ4v) is 4.20. The lowest BCUT2D eigenvalue weighted by molar-refractivity contribution is -0.00776. The molecule has 1 aliphatic rings. The van der Waals surface area contributed by atoms with Gasteiger partial charge in [-0.1, -0.05) is 12.1 Å². The number of hydrogen-bond donors (Lipinski definition) is 2. The van der Waals surface area contributed by atoms with Gasteiger partial charge < -0.3 is 19.9 Å². The Labute approximate surface area is 176 Å². The predicted octanol–water partition coefficient (Wildman–Crippen LogP) is 1.05. The molecule has 0 amide bonds. The second-order valence-electron chi connectivity index (χ2n) is 7.32. The van der Waals surface area contributed by atoms with E-state index in [-0.39, 0.29) is 16.5 Å². The Morgan fingerprint density at radius 3 is 2.33 bits per heavy atom. The van der Waals surface area contributed by atoms with Crippen molar-refractivity contribution in [2.75, 3.05) is 27.7 Å². The number of methoxy groups -OCH3 is 1. The van der Waals surface area contributed by atoms with E-state index in [0.29, 0.717) is 13.0 Å². The molecule has 0 bridgehead atoms. The molecule has 0 radical (unpaired) electrons. The maximum atomic E-state index is 12.6. The van der Waals surface area contributed by atoms with Crippen molar-refractivity contribution in [2.45, 2.75) is 29.6 Å². The molecule has 3 atom stereocenters. The van der Waals surface area contributed by atoms with Gasteiger partial charge in [0.15, 0.2) is 0 Å². The van der Waals surface area contributed by atoms with E-state index in [0.717, 1.165) is 15.6 Å². The minimum absolute atomic E-state index is 0.0870. The molecule has 2 aromatic carbocycles. The van der Waals surface area contributed by atoms with Gasteiger partial charge in [0.1, 0.15) is 18.0 Å². The Kier molecular flexibility index (Phi) is 6.77. The van der Waals surface area contributed by atoms with E-state index >= 15 is 0 Å².